The van der Waals surface area contributed by atoms with Gasteiger partial charge in [0.05, 0.1) is 13.2 Å². The number of β-amino-alcohol motifs (C(OH)–C–C–N with tert-alkyl or cyclic N) is 1. The van der Waals surface area contributed by atoms with Crippen molar-refractivity contribution in [3.05, 3.63) is 23.8 Å². The highest BCUT2D eigenvalue weighted by Crippen LogP contribution is 2.26. The van der Waals surface area contributed by atoms with Crippen LogP contribution < -0.4 is 9.47 Å². The van der Waals surface area contributed by atoms with Crippen molar-refractivity contribution in [2.45, 2.75) is 44.4 Å². The van der Waals surface area contributed by atoms with Crippen molar-refractivity contribution in [3.63, 3.8) is 0 Å². The summed E-state index contributed by atoms with van der Waals surface area (Å²) in [6.45, 7) is 5.99. The molecule has 2 aliphatic rings. The van der Waals surface area contributed by atoms with Gasteiger partial charge < -0.3 is 34.2 Å². The highest BCUT2D eigenvalue weighted by Gasteiger charge is 2.20. The van der Waals surface area contributed by atoms with E-state index in [1.807, 2.05) is 18.2 Å². The van der Waals surface area contributed by atoms with Gasteiger partial charge in [-0.25, -0.2) is 0 Å². The summed E-state index contributed by atoms with van der Waals surface area (Å²) in [5.41, 5.74) is 1.07. The van der Waals surface area contributed by atoms with Gasteiger partial charge in [0.1, 0.15) is 24.2 Å². The summed E-state index contributed by atoms with van der Waals surface area (Å²) >= 11 is 0. The van der Waals surface area contributed by atoms with Gasteiger partial charge in [-0.05, 0) is 56.8 Å². The number of aliphatic hydroxyl groups excluding tert-OH is 2. The molecule has 2 aliphatic heterocycles. The van der Waals surface area contributed by atoms with Crippen molar-refractivity contribution >= 4 is 0 Å². The van der Waals surface area contributed by atoms with E-state index in [1.54, 1.807) is 7.11 Å². The Hall–Kier alpha value is -1.38. The summed E-state index contributed by atoms with van der Waals surface area (Å²) in [7, 11) is 3.81. The van der Waals surface area contributed by atoms with Crippen molar-refractivity contribution in [1.29, 1.82) is 0 Å². The molecule has 0 unspecified atom stereocenters. The second-order valence-electron chi connectivity index (χ2n) is 8.72. The zero-order chi connectivity index (χ0) is 21.3. The van der Waals surface area contributed by atoms with Gasteiger partial charge in [-0.3, -0.25) is 0 Å². The van der Waals surface area contributed by atoms with Crippen molar-refractivity contribution in [2.75, 3.05) is 60.2 Å². The maximum absolute atomic E-state index is 10.4. The van der Waals surface area contributed by atoms with Crippen LogP contribution in [-0.4, -0.2) is 92.4 Å². The molecular weight excluding hydrogens is 384 g/mol. The second kappa shape index (κ2) is 11.9. The van der Waals surface area contributed by atoms with E-state index < -0.39 is 6.10 Å². The Morgan fingerprint density at radius 2 is 1.93 bits per heavy atom. The molecule has 0 amide bonds. The third-order valence-corrected chi connectivity index (χ3v) is 6.08. The number of methoxy groups -OCH3 is 1. The number of ether oxygens (including phenoxy) is 3. The number of rotatable bonds is 10. The quantitative estimate of drug-likeness (QED) is 0.595. The molecule has 0 aliphatic carbocycles. The van der Waals surface area contributed by atoms with Gasteiger partial charge in [-0.1, -0.05) is 0 Å². The maximum atomic E-state index is 10.4. The first kappa shape index (κ1) is 23.3. The number of piperidine rings is 1. The molecule has 0 bridgehead atoms. The first-order chi connectivity index (χ1) is 14.5. The number of likely N-dealkylation sites (tertiary alicyclic amines) is 1. The number of nitrogens with zero attached hydrogens (tertiary/aromatic N) is 2. The molecule has 2 N–H and O–H groups in total. The van der Waals surface area contributed by atoms with Crippen LogP contribution in [0, 0.1) is 5.92 Å². The molecule has 3 rings (SSSR count). The van der Waals surface area contributed by atoms with Crippen molar-refractivity contribution < 1.29 is 24.4 Å². The van der Waals surface area contributed by atoms with Crippen molar-refractivity contribution in [2.24, 2.45) is 5.92 Å². The Kier molecular flexibility index (Phi) is 9.21. The van der Waals surface area contributed by atoms with Gasteiger partial charge >= 0.3 is 0 Å². The largest absolute Gasteiger partial charge is 0.497 e. The van der Waals surface area contributed by atoms with E-state index in [2.05, 4.69) is 16.8 Å². The number of hydrogen-bond acceptors (Lipinski definition) is 7. The lowest BCUT2D eigenvalue weighted by Gasteiger charge is -2.31. The number of benzene rings is 1. The lowest BCUT2D eigenvalue weighted by molar-refractivity contribution is 0.0334. The molecule has 2 saturated heterocycles. The molecule has 30 heavy (non-hydrogen) atoms. The van der Waals surface area contributed by atoms with E-state index in [4.69, 9.17) is 14.2 Å². The fourth-order valence-electron chi connectivity index (χ4n) is 4.31. The van der Waals surface area contributed by atoms with Crippen LogP contribution in [0.4, 0.5) is 0 Å². The van der Waals surface area contributed by atoms with Crippen LogP contribution in [-0.2, 0) is 11.3 Å². The SMILES string of the molecule is COc1ccc(OC[C@@H](O)CN2CCC(O)CC2)c(CN(C)CC2CCOCC2)c1. The molecule has 7 heteroatoms. The summed E-state index contributed by atoms with van der Waals surface area (Å²) in [4.78, 5) is 4.52. The lowest BCUT2D eigenvalue weighted by atomic mass is 9.99. The van der Waals surface area contributed by atoms with Crippen LogP contribution in [0.3, 0.4) is 0 Å². The monoisotopic (exact) mass is 422 g/mol. The maximum Gasteiger partial charge on any atom is 0.124 e. The fraction of sp³-hybridized carbons (Fsp3) is 0.739. The highest BCUT2D eigenvalue weighted by molar-refractivity contribution is 5.40. The molecular formula is C23H38N2O5. The van der Waals surface area contributed by atoms with E-state index >= 15 is 0 Å². The average molecular weight is 423 g/mol. The van der Waals surface area contributed by atoms with Gasteiger partial charge in [0.25, 0.3) is 0 Å². The number of hydrogen-bond donors (Lipinski definition) is 2. The first-order valence-corrected chi connectivity index (χ1v) is 11.2. The normalized spacial score (nSPS) is 20.4. The molecule has 2 heterocycles. The van der Waals surface area contributed by atoms with E-state index in [9.17, 15) is 10.2 Å². The van der Waals surface area contributed by atoms with Crippen molar-refractivity contribution in [1.82, 2.24) is 9.80 Å². The summed E-state index contributed by atoms with van der Waals surface area (Å²) in [6, 6.07) is 5.85. The summed E-state index contributed by atoms with van der Waals surface area (Å²) < 4.78 is 16.9. The average Bonchev–Trinajstić information content (AvgIpc) is 2.75. The predicted octanol–water partition coefficient (Wildman–Crippen LogP) is 1.75. The Bertz CT molecular complexity index is 630. The molecule has 0 aromatic heterocycles. The predicted molar refractivity (Wildman–Crippen MR) is 116 cm³/mol. The zero-order valence-corrected chi connectivity index (χ0v) is 18.5. The lowest BCUT2D eigenvalue weighted by Crippen LogP contribution is -2.41. The Morgan fingerprint density at radius 1 is 1.20 bits per heavy atom. The van der Waals surface area contributed by atoms with Crippen LogP contribution in [0.5, 0.6) is 11.5 Å². The van der Waals surface area contributed by atoms with Crippen LogP contribution in [0.15, 0.2) is 18.2 Å². The molecule has 170 valence electrons. The topological polar surface area (TPSA) is 74.6 Å². The Balaban J connectivity index is 1.53. The van der Waals surface area contributed by atoms with Crippen LogP contribution in [0.25, 0.3) is 0 Å². The Labute approximate surface area is 180 Å². The van der Waals surface area contributed by atoms with Gasteiger partial charge in [0.2, 0.25) is 0 Å². The molecule has 7 nitrogen and oxygen atoms in total. The molecule has 1 atom stereocenters. The van der Waals surface area contributed by atoms with Gasteiger partial charge in [0.15, 0.2) is 0 Å². The molecule has 0 spiro atoms. The third kappa shape index (κ3) is 7.39. The van der Waals surface area contributed by atoms with Crippen LogP contribution in [0.2, 0.25) is 0 Å². The first-order valence-electron chi connectivity index (χ1n) is 11.2. The van der Waals surface area contributed by atoms with E-state index in [-0.39, 0.29) is 12.7 Å². The van der Waals surface area contributed by atoms with E-state index in [0.717, 1.165) is 82.1 Å². The van der Waals surface area contributed by atoms with Gasteiger partial charge in [0, 0.05) is 51.5 Å². The summed E-state index contributed by atoms with van der Waals surface area (Å²) in [5, 5.41) is 20.1. The molecule has 1 aromatic rings. The van der Waals surface area contributed by atoms with Crippen molar-refractivity contribution in [3.8, 4) is 11.5 Å². The molecule has 0 radical (unpaired) electrons. The summed E-state index contributed by atoms with van der Waals surface area (Å²) in [6.07, 6.45) is 3.02. The minimum Gasteiger partial charge on any atom is -0.497 e. The van der Waals surface area contributed by atoms with Crippen LogP contribution >= 0.6 is 0 Å². The Morgan fingerprint density at radius 3 is 2.63 bits per heavy atom. The van der Waals surface area contributed by atoms with Gasteiger partial charge in [-0.15, -0.1) is 0 Å². The third-order valence-electron chi connectivity index (χ3n) is 6.08. The minimum atomic E-state index is -0.560. The molecule has 1 aromatic carbocycles. The number of aliphatic hydroxyl groups is 2. The highest BCUT2D eigenvalue weighted by atomic mass is 16.5. The minimum absolute atomic E-state index is 0.199. The summed E-state index contributed by atoms with van der Waals surface area (Å²) in [5.74, 6) is 2.27. The second-order valence-corrected chi connectivity index (χ2v) is 8.72. The van der Waals surface area contributed by atoms with E-state index in [0.29, 0.717) is 12.5 Å². The fourth-order valence-corrected chi connectivity index (χ4v) is 4.31. The molecule has 0 saturated carbocycles. The van der Waals surface area contributed by atoms with Gasteiger partial charge in [-0.2, -0.15) is 0 Å². The smallest absolute Gasteiger partial charge is 0.124 e. The zero-order valence-electron chi connectivity index (χ0n) is 18.5. The standard InChI is InChI=1S/C23H38N2O5/c1-24(14-18-7-11-29-12-8-18)15-19-13-22(28-2)3-4-23(19)30-17-21(27)16-25-9-5-20(26)6-10-25/h3-4,13,18,20-21,26-27H,5-12,14-17H2,1-2H3/t21-/m0/s1. The van der Waals surface area contributed by atoms with Crippen LogP contribution in [0.1, 0.15) is 31.2 Å². The molecule has 2 fully saturated rings. The van der Waals surface area contributed by atoms with E-state index in [1.165, 1.54) is 0 Å².